The van der Waals surface area contributed by atoms with Gasteiger partial charge in [0, 0.05) is 80.9 Å². The first-order valence-electron chi connectivity index (χ1n) is 15.5. The van der Waals surface area contributed by atoms with E-state index in [2.05, 4.69) is 25.1 Å². The second-order valence-corrected chi connectivity index (χ2v) is 15.3. The minimum atomic E-state index is -3.29. The Hall–Kier alpha value is -2.83. The Morgan fingerprint density at radius 2 is 1.70 bits per heavy atom. The Morgan fingerprint density at radius 3 is 2.40 bits per heavy atom. The lowest BCUT2D eigenvalue weighted by Crippen LogP contribution is -2.50. The number of rotatable bonds is 8. The van der Waals surface area contributed by atoms with Crippen molar-refractivity contribution in [2.24, 2.45) is 5.92 Å². The summed E-state index contributed by atoms with van der Waals surface area (Å²) < 4.78 is 30.7. The smallest absolute Gasteiger partial charge is 0.226 e. The van der Waals surface area contributed by atoms with Crippen molar-refractivity contribution in [3.63, 3.8) is 0 Å². The highest BCUT2D eigenvalue weighted by molar-refractivity contribution is 7.89. The van der Waals surface area contributed by atoms with E-state index in [4.69, 9.17) is 14.7 Å². The van der Waals surface area contributed by atoms with Gasteiger partial charge in [-0.05, 0) is 43.6 Å². The van der Waals surface area contributed by atoms with Gasteiger partial charge in [-0.25, -0.2) is 23.4 Å². The molecule has 0 spiro atoms. The zero-order valence-electron chi connectivity index (χ0n) is 25.3. The van der Waals surface area contributed by atoms with Crippen LogP contribution in [-0.2, 0) is 26.9 Å². The molecule has 1 saturated carbocycles. The number of anilines is 1. The first-order chi connectivity index (χ1) is 20.8. The Morgan fingerprint density at radius 1 is 0.977 bits per heavy atom. The largest absolute Gasteiger partial charge is 0.481 e. The molecule has 6 rings (SSSR count). The Bertz CT molecular complexity index is 1560. The number of nitrogens with zero attached hydrogens (tertiary/aromatic N) is 6. The minimum absolute atomic E-state index is 0.158. The first kappa shape index (κ1) is 30.2. The number of piperazine rings is 1. The Labute approximate surface area is 258 Å². The van der Waals surface area contributed by atoms with E-state index in [1.165, 1.54) is 39.0 Å². The summed E-state index contributed by atoms with van der Waals surface area (Å²) in [4.78, 5) is 34.5. The maximum atomic E-state index is 13.1. The molecule has 3 aliphatic rings. The molecule has 2 aliphatic heterocycles. The number of hydrogen-bond donors (Lipinski definition) is 0. The highest BCUT2D eigenvalue weighted by Gasteiger charge is 2.29. The van der Waals surface area contributed by atoms with Crippen LogP contribution >= 0.6 is 11.3 Å². The van der Waals surface area contributed by atoms with Crippen LogP contribution in [0.25, 0.3) is 21.5 Å². The maximum absolute atomic E-state index is 13.1. The van der Waals surface area contributed by atoms with Gasteiger partial charge in [0.2, 0.25) is 17.7 Å². The number of carbonyl (C=O) groups is 1. The van der Waals surface area contributed by atoms with Crippen LogP contribution in [0.1, 0.15) is 62.5 Å². The topological polar surface area (TPSA) is 109 Å². The van der Waals surface area contributed by atoms with E-state index < -0.39 is 9.84 Å². The fraction of sp³-hybridized carbons (Fsp3) is 0.613. The number of hydrogen-bond acceptors (Lipinski definition) is 10. The standard InChI is InChI=1S/C31H42N6O4S2/c1-41-29-24(21-43(2,39)40)17-23(18-32-29)26-28-27(34-31(33-26)37-11-7-4-8-12-37)25(20-42-28)19-35-13-15-36(16-14-35)30(38)22-9-5-3-6-10-22/h17-18,20,22H,3-16,19,21H2,1-2H3. The van der Waals surface area contributed by atoms with Gasteiger partial charge in [0.05, 0.1) is 28.8 Å². The summed E-state index contributed by atoms with van der Waals surface area (Å²) in [6.07, 6.45) is 12.1. The molecule has 10 nitrogen and oxygen atoms in total. The zero-order valence-corrected chi connectivity index (χ0v) is 26.9. The van der Waals surface area contributed by atoms with E-state index in [-0.39, 0.29) is 11.7 Å². The summed E-state index contributed by atoms with van der Waals surface area (Å²) in [5, 5.41) is 2.18. The lowest BCUT2D eigenvalue weighted by Gasteiger charge is -2.37. The molecule has 0 radical (unpaired) electrons. The molecule has 3 aromatic rings. The predicted octanol–water partition coefficient (Wildman–Crippen LogP) is 4.52. The van der Waals surface area contributed by atoms with Crippen LogP contribution < -0.4 is 9.64 Å². The van der Waals surface area contributed by atoms with Crippen molar-refractivity contribution >= 4 is 43.2 Å². The number of sulfone groups is 1. The zero-order chi connectivity index (χ0) is 30.0. The summed E-state index contributed by atoms with van der Waals surface area (Å²) in [6.45, 7) is 5.85. The van der Waals surface area contributed by atoms with Crippen molar-refractivity contribution < 1.29 is 17.9 Å². The molecule has 5 heterocycles. The molecule has 0 atom stereocenters. The van der Waals surface area contributed by atoms with E-state index in [0.29, 0.717) is 23.3 Å². The van der Waals surface area contributed by atoms with Gasteiger partial charge >= 0.3 is 0 Å². The van der Waals surface area contributed by atoms with Gasteiger partial charge in [0.1, 0.15) is 0 Å². The van der Waals surface area contributed by atoms with Crippen LogP contribution in [0.5, 0.6) is 5.88 Å². The van der Waals surface area contributed by atoms with Crippen LogP contribution in [0, 0.1) is 5.92 Å². The average Bonchev–Trinajstić information content (AvgIpc) is 3.43. The molecule has 0 bridgehead atoms. The summed E-state index contributed by atoms with van der Waals surface area (Å²) >= 11 is 1.62. The van der Waals surface area contributed by atoms with Gasteiger partial charge < -0.3 is 14.5 Å². The molecule has 3 aromatic heterocycles. The molecule has 0 N–H and O–H groups in total. The average molecular weight is 627 g/mol. The highest BCUT2D eigenvalue weighted by Crippen LogP contribution is 2.37. The molecular weight excluding hydrogens is 585 g/mol. The SMILES string of the molecule is COc1ncc(-c2nc(N3CCCCC3)nc3c(CN4CCN(C(=O)C5CCCCC5)CC4)csc23)cc1CS(C)(=O)=O. The first-order valence-corrected chi connectivity index (χ1v) is 18.5. The van der Waals surface area contributed by atoms with Crippen molar-refractivity contribution in [1.29, 1.82) is 0 Å². The van der Waals surface area contributed by atoms with E-state index in [1.807, 2.05) is 6.07 Å². The molecule has 1 aliphatic carbocycles. The highest BCUT2D eigenvalue weighted by atomic mass is 32.2. The number of thiophene rings is 1. The van der Waals surface area contributed by atoms with Gasteiger partial charge in [-0.3, -0.25) is 9.69 Å². The number of fused-ring (bicyclic) bond motifs is 1. The van der Waals surface area contributed by atoms with Crippen LogP contribution in [-0.4, -0.2) is 91.7 Å². The lowest BCUT2D eigenvalue weighted by molar-refractivity contribution is -0.138. The summed E-state index contributed by atoms with van der Waals surface area (Å²) in [5.74, 6) is 1.44. The van der Waals surface area contributed by atoms with Crippen molar-refractivity contribution in [3.8, 4) is 17.1 Å². The molecule has 0 aromatic carbocycles. The second-order valence-electron chi connectivity index (χ2n) is 12.3. The number of amides is 1. The fourth-order valence-electron chi connectivity index (χ4n) is 6.67. The van der Waals surface area contributed by atoms with Gasteiger partial charge in [-0.2, -0.15) is 0 Å². The minimum Gasteiger partial charge on any atom is -0.481 e. The molecule has 43 heavy (non-hydrogen) atoms. The molecular formula is C31H42N6O4S2. The lowest BCUT2D eigenvalue weighted by atomic mass is 9.88. The van der Waals surface area contributed by atoms with Crippen molar-refractivity contribution in [2.75, 3.05) is 57.5 Å². The number of ether oxygens (including phenoxy) is 1. The summed E-state index contributed by atoms with van der Waals surface area (Å²) in [6, 6.07) is 1.84. The normalized spacial score (nSPS) is 19.2. The number of carbonyl (C=O) groups excluding carboxylic acids is 1. The van der Waals surface area contributed by atoms with Crippen molar-refractivity contribution in [2.45, 2.75) is 63.7 Å². The van der Waals surface area contributed by atoms with E-state index in [0.717, 1.165) is 98.5 Å². The molecule has 12 heteroatoms. The molecule has 0 unspecified atom stereocenters. The predicted molar refractivity (Wildman–Crippen MR) is 170 cm³/mol. The molecule has 2 saturated heterocycles. The maximum Gasteiger partial charge on any atom is 0.226 e. The quantitative estimate of drug-likeness (QED) is 0.357. The summed E-state index contributed by atoms with van der Waals surface area (Å²) in [7, 11) is -1.79. The fourth-order valence-corrected chi connectivity index (χ4v) is 8.45. The monoisotopic (exact) mass is 626 g/mol. The number of pyridine rings is 1. The number of methoxy groups -OCH3 is 1. The third-order valence-corrected chi connectivity index (χ3v) is 10.8. The third-order valence-electron chi connectivity index (χ3n) is 8.96. The molecule has 232 valence electrons. The van der Waals surface area contributed by atoms with E-state index >= 15 is 0 Å². The van der Waals surface area contributed by atoms with Gasteiger partial charge in [0.25, 0.3) is 0 Å². The Kier molecular flexibility index (Phi) is 9.16. The van der Waals surface area contributed by atoms with E-state index in [9.17, 15) is 13.2 Å². The van der Waals surface area contributed by atoms with Gasteiger partial charge in [0.15, 0.2) is 9.84 Å². The summed E-state index contributed by atoms with van der Waals surface area (Å²) in [5.41, 5.74) is 4.15. The van der Waals surface area contributed by atoms with Crippen LogP contribution in [0.3, 0.4) is 0 Å². The van der Waals surface area contributed by atoms with Crippen LogP contribution in [0.15, 0.2) is 17.6 Å². The van der Waals surface area contributed by atoms with Gasteiger partial charge in [-0.15, -0.1) is 11.3 Å². The number of piperidine rings is 1. The molecule has 1 amide bonds. The van der Waals surface area contributed by atoms with Crippen LogP contribution in [0.4, 0.5) is 5.95 Å². The van der Waals surface area contributed by atoms with Crippen molar-refractivity contribution in [1.82, 2.24) is 24.8 Å². The second kappa shape index (κ2) is 13.0. The van der Waals surface area contributed by atoms with Gasteiger partial charge in [-0.1, -0.05) is 19.3 Å². The van der Waals surface area contributed by atoms with Crippen LogP contribution in [0.2, 0.25) is 0 Å². The molecule has 3 fully saturated rings. The van der Waals surface area contributed by atoms with Crippen molar-refractivity contribution in [3.05, 3.63) is 28.8 Å². The number of aromatic nitrogens is 3. The Balaban J connectivity index is 1.28. The van der Waals surface area contributed by atoms with E-state index in [1.54, 1.807) is 17.5 Å². The third kappa shape index (κ3) is 6.96.